The second kappa shape index (κ2) is 6.48. The number of carbonyl (C=O) groups is 1. The van der Waals surface area contributed by atoms with Crippen LogP contribution >= 0.6 is 0 Å². The van der Waals surface area contributed by atoms with Crippen LogP contribution in [0.5, 0.6) is 0 Å². The summed E-state index contributed by atoms with van der Waals surface area (Å²) in [6, 6.07) is 15.8. The zero-order chi connectivity index (χ0) is 16.4. The van der Waals surface area contributed by atoms with Crippen molar-refractivity contribution in [2.75, 3.05) is 0 Å². The third-order valence-corrected chi connectivity index (χ3v) is 4.67. The molecule has 2 aromatic carbocycles. The quantitative estimate of drug-likeness (QED) is 0.800. The lowest BCUT2D eigenvalue weighted by Gasteiger charge is -2.06. The first kappa shape index (κ1) is 14.9. The number of aryl methyl sites for hydroxylation is 2. The van der Waals surface area contributed by atoms with E-state index in [-0.39, 0.29) is 5.91 Å². The van der Waals surface area contributed by atoms with Gasteiger partial charge in [-0.05, 0) is 36.6 Å². The minimum absolute atomic E-state index is 0.0519. The van der Waals surface area contributed by atoms with Crippen LogP contribution in [0.4, 0.5) is 0 Å². The van der Waals surface area contributed by atoms with Crippen LogP contribution in [0.2, 0.25) is 0 Å². The van der Waals surface area contributed by atoms with Gasteiger partial charge in [-0.1, -0.05) is 36.8 Å². The third-order valence-electron chi connectivity index (χ3n) is 4.67. The Bertz CT molecular complexity index is 867. The van der Waals surface area contributed by atoms with E-state index in [0.717, 1.165) is 35.4 Å². The first-order chi connectivity index (χ1) is 11.8. The Balaban J connectivity index is 1.55. The minimum Gasteiger partial charge on any atom is -0.348 e. The number of hydrogen-bond donors (Lipinski definition) is 1. The summed E-state index contributed by atoms with van der Waals surface area (Å²) in [5.74, 6) is 1.10. The van der Waals surface area contributed by atoms with Gasteiger partial charge in [0.05, 0.1) is 11.0 Å². The van der Waals surface area contributed by atoms with Crippen molar-refractivity contribution in [3.63, 3.8) is 0 Å². The van der Waals surface area contributed by atoms with Crippen molar-refractivity contribution >= 4 is 16.9 Å². The molecule has 4 nitrogen and oxygen atoms in total. The maximum absolute atomic E-state index is 12.4. The van der Waals surface area contributed by atoms with E-state index in [1.807, 2.05) is 48.5 Å². The molecule has 122 valence electrons. The number of aromatic nitrogens is 2. The van der Waals surface area contributed by atoms with E-state index in [4.69, 9.17) is 4.98 Å². The Morgan fingerprint density at radius 1 is 1.08 bits per heavy atom. The number of nitrogens with one attached hydrogen (secondary N) is 1. The van der Waals surface area contributed by atoms with E-state index in [2.05, 4.69) is 9.88 Å². The highest BCUT2D eigenvalue weighted by atomic mass is 16.1. The molecule has 0 bridgehead atoms. The van der Waals surface area contributed by atoms with Crippen LogP contribution in [-0.2, 0) is 19.5 Å². The van der Waals surface area contributed by atoms with E-state index in [9.17, 15) is 4.79 Å². The molecule has 4 heteroatoms. The van der Waals surface area contributed by atoms with Crippen LogP contribution in [-0.4, -0.2) is 15.5 Å². The molecular weight excluding hydrogens is 298 g/mol. The van der Waals surface area contributed by atoms with Gasteiger partial charge in [0.2, 0.25) is 0 Å². The molecule has 0 radical (unpaired) electrons. The summed E-state index contributed by atoms with van der Waals surface area (Å²) >= 11 is 0. The Hall–Kier alpha value is -2.62. The smallest absolute Gasteiger partial charge is 0.251 e. The first-order valence-electron chi connectivity index (χ1n) is 8.62. The van der Waals surface area contributed by atoms with Crippen molar-refractivity contribution in [1.29, 1.82) is 0 Å². The summed E-state index contributed by atoms with van der Waals surface area (Å²) in [5, 5.41) is 2.98. The van der Waals surface area contributed by atoms with Crippen LogP contribution in [0.1, 0.15) is 41.0 Å². The standard InChI is InChI=1S/C20H21N3O/c24-20(21-14-15-7-3-1-4-8-15)16-10-11-18-17(13-16)22-19-9-5-2-6-12-23(18)19/h1,3-4,7-8,10-11,13H,2,5-6,9,12,14H2,(H,21,24). The summed E-state index contributed by atoms with van der Waals surface area (Å²) in [6.07, 6.45) is 4.71. The Labute approximate surface area is 141 Å². The van der Waals surface area contributed by atoms with Crippen LogP contribution in [0.3, 0.4) is 0 Å². The fourth-order valence-electron chi connectivity index (χ4n) is 3.37. The lowest BCUT2D eigenvalue weighted by molar-refractivity contribution is 0.0951. The molecule has 0 aliphatic carbocycles. The fourth-order valence-corrected chi connectivity index (χ4v) is 3.37. The molecule has 1 amide bonds. The number of fused-ring (bicyclic) bond motifs is 3. The number of carbonyl (C=O) groups excluding carboxylic acids is 1. The molecule has 0 saturated heterocycles. The molecule has 0 spiro atoms. The van der Waals surface area contributed by atoms with Crippen LogP contribution in [0.25, 0.3) is 11.0 Å². The van der Waals surface area contributed by atoms with Crippen molar-refractivity contribution in [1.82, 2.24) is 14.9 Å². The molecule has 2 heterocycles. The number of amides is 1. The van der Waals surface area contributed by atoms with E-state index in [0.29, 0.717) is 12.1 Å². The van der Waals surface area contributed by atoms with Gasteiger partial charge in [-0.3, -0.25) is 4.79 Å². The van der Waals surface area contributed by atoms with Gasteiger partial charge in [-0.2, -0.15) is 0 Å². The zero-order valence-electron chi connectivity index (χ0n) is 13.7. The highest BCUT2D eigenvalue weighted by molar-refractivity contribution is 5.97. The summed E-state index contributed by atoms with van der Waals surface area (Å²) in [7, 11) is 0. The van der Waals surface area contributed by atoms with Crippen molar-refractivity contribution < 1.29 is 4.79 Å². The number of hydrogen-bond acceptors (Lipinski definition) is 2. The highest BCUT2D eigenvalue weighted by Gasteiger charge is 2.15. The normalized spacial score (nSPS) is 14.2. The van der Waals surface area contributed by atoms with Gasteiger partial charge in [-0.15, -0.1) is 0 Å². The monoisotopic (exact) mass is 319 g/mol. The largest absolute Gasteiger partial charge is 0.348 e. The number of imidazole rings is 1. The lowest BCUT2D eigenvalue weighted by atomic mass is 10.1. The van der Waals surface area contributed by atoms with Crippen molar-refractivity contribution in [2.45, 2.75) is 38.8 Å². The van der Waals surface area contributed by atoms with Gasteiger partial charge in [0, 0.05) is 25.1 Å². The molecule has 1 aromatic heterocycles. The van der Waals surface area contributed by atoms with Gasteiger partial charge in [-0.25, -0.2) is 4.98 Å². The molecular formula is C20H21N3O. The molecule has 4 rings (SSSR count). The maximum atomic E-state index is 12.4. The third kappa shape index (κ3) is 2.92. The number of nitrogens with zero attached hydrogens (tertiary/aromatic N) is 2. The van der Waals surface area contributed by atoms with Crippen LogP contribution < -0.4 is 5.32 Å². The molecule has 24 heavy (non-hydrogen) atoms. The van der Waals surface area contributed by atoms with Crippen molar-refractivity contribution in [2.24, 2.45) is 0 Å². The molecule has 0 saturated carbocycles. The molecule has 3 aromatic rings. The molecule has 1 N–H and O–H groups in total. The Kier molecular flexibility index (Phi) is 4.03. The van der Waals surface area contributed by atoms with E-state index in [1.54, 1.807) is 0 Å². The number of benzene rings is 2. The predicted molar refractivity (Wildman–Crippen MR) is 94.9 cm³/mol. The molecule has 1 aliphatic heterocycles. The van der Waals surface area contributed by atoms with Crippen molar-refractivity contribution in [3.8, 4) is 0 Å². The lowest BCUT2D eigenvalue weighted by Crippen LogP contribution is -2.22. The summed E-state index contributed by atoms with van der Waals surface area (Å²) in [5.41, 5.74) is 3.85. The van der Waals surface area contributed by atoms with Gasteiger partial charge >= 0.3 is 0 Å². The zero-order valence-corrected chi connectivity index (χ0v) is 13.7. The topological polar surface area (TPSA) is 46.9 Å². The Morgan fingerprint density at radius 2 is 1.96 bits per heavy atom. The van der Waals surface area contributed by atoms with Gasteiger partial charge < -0.3 is 9.88 Å². The summed E-state index contributed by atoms with van der Waals surface area (Å²) in [4.78, 5) is 17.2. The minimum atomic E-state index is -0.0519. The van der Waals surface area contributed by atoms with E-state index < -0.39 is 0 Å². The van der Waals surface area contributed by atoms with Crippen molar-refractivity contribution in [3.05, 3.63) is 65.5 Å². The second-order valence-electron chi connectivity index (χ2n) is 6.36. The van der Waals surface area contributed by atoms with Gasteiger partial charge in [0.1, 0.15) is 5.82 Å². The number of rotatable bonds is 3. The maximum Gasteiger partial charge on any atom is 0.251 e. The second-order valence-corrected chi connectivity index (χ2v) is 6.36. The van der Waals surface area contributed by atoms with Crippen LogP contribution in [0.15, 0.2) is 48.5 Å². The average molecular weight is 319 g/mol. The molecule has 0 atom stereocenters. The molecule has 0 unspecified atom stereocenters. The summed E-state index contributed by atoms with van der Waals surface area (Å²) in [6.45, 7) is 1.57. The fraction of sp³-hybridized carbons (Fsp3) is 0.300. The summed E-state index contributed by atoms with van der Waals surface area (Å²) < 4.78 is 2.31. The SMILES string of the molecule is O=C(NCc1ccccc1)c1ccc2c(c1)nc1n2CCCCC1. The Morgan fingerprint density at radius 3 is 2.83 bits per heavy atom. The van der Waals surface area contributed by atoms with Gasteiger partial charge in [0.25, 0.3) is 5.91 Å². The average Bonchev–Trinajstić information content (AvgIpc) is 2.80. The van der Waals surface area contributed by atoms with Gasteiger partial charge in [0.15, 0.2) is 0 Å². The van der Waals surface area contributed by atoms with E-state index >= 15 is 0 Å². The van der Waals surface area contributed by atoms with Crippen LogP contribution in [0, 0.1) is 0 Å². The predicted octanol–water partition coefficient (Wildman–Crippen LogP) is 3.69. The van der Waals surface area contributed by atoms with E-state index in [1.165, 1.54) is 19.3 Å². The molecule has 1 aliphatic rings. The highest BCUT2D eigenvalue weighted by Crippen LogP contribution is 2.22. The molecule has 0 fully saturated rings. The first-order valence-corrected chi connectivity index (χ1v) is 8.62.